The van der Waals surface area contributed by atoms with Gasteiger partial charge in [0, 0.05) is 31.0 Å². The van der Waals surface area contributed by atoms with Gasteiger partial charge in [-0.25, -0.2) is 5.01 Å². The topological polar surface area (TPSA) is 85.0 Å². The van der Waals surface area contributed by atoms with E-state index in [4.69, 9.17) is 4.74 Å². The van der Waals surface area contributed by atoms with Crippen LogP contribution in [0.5, 0.6) is 5.75 Å². The van der Waals surface area contributed by atoms with Gasteiger partial charge in [-0.3, -0.25) is 14.9 Å². The van der Waals surface area contributed by atoms with E-state index in [-0.39, 0.29) is 17.6 Å². The first-order valence-corrected chi connectivity index (χ1v) is 7.75. The number of nitro groups is 1. The fraction of sp³-hybridized carbons (Fsp3) is 0.222. The first-order chi connectivity index (χ1) is 12.0. The smallest absolute Gasteiger partial charge is 0.269 e. The molecule has 128 valence electrons. The highest BCUT2D eigenvalue weighted by atomic mass is 16.6. The van der Waals surface area contributed by atoms with E-state index in [0.29, 0.717) is 12.2 Å². The maximum Gasteiger partial charge on any atom is 0.269 e. The molecule has 1 atom stereocenters. The molecule has 1 unspecified atom stereocenters. The molecule has 7 heteroatoms. The van der Waals surface area contributed by atoms with E-state index in [9.17, 15) is 14.9 Å². The molecule has 0 fully saturated rings. The van der Waals surface area contributed by atoms with Gasteiger partial charge in [0.2, 0.25) is 5.91 Å². The third-order valence-electron chi connectivity index (χ3n) is 4.12. The van der Waals surface area contributed by atoms with Gasteiger partial charge < -0.3 is 4.74 Å². The van der Waals surface area contributed by atoms with Crippen LogP contribution in [0, 0.1) is 10.1 Å². The molecule has 0 saturated carbocycles. The Hall–Kier alpha value is -3.22. The van der Waals surface area contributed by atoms with E-state index in [1.54, 1.807) is 19.2 Å². The van der Waals surface area contributed by atoms with Gasteiger partial charge >= 0.3 is 0 Å². The Kier molecular flexibility index (Phi) is 4.47. The number of nitro benzene ring substituents is 1. The third kappa shape index (κ3) is 3.35. The van der Waals surface area contributed by atoms with Crippen LogP contribution in [-0.4, -0.2) is 28.7 Å². The Morgan fingerprint density at radius 1 is 1.28 bits per heavy atom. The van der Waals surface area contributed by atoms with Crippen molar-refractivity contribution in [1.29, 1.82) is 0 Å². The lowest BCUT2D eigenvalue weighted by atomic mass is 9.98. The van der Waals surface area contributed by atoms with Crippen molar-refractivity contribution >= 4 is 17.3 Å². The molecule has 0 radical (unpaired) electrons. The summed E-state index contributed by atoms with van der Waals surface area (Å²) < 4.78 is 5.24. The number of methoxy groups -OCH3 is 1. The Morgan fingerprint density at radius 2 is 2.00 bits per heavy atom. The number of rotatable bonds is 4. The summed E-state index contributed by atoms with van der Waals surface area (Å²) in [6.07, 6.45) is 0.532. The van der Waals surface area contributed by atoms with Crippen LogP contribution in [0.25, 0.3) is 0 Å². The molecule has 0 saturated heterocycles. The molecule has 3 rings (SSSR count). The van der Waals surface area contributed by atoms with E-state index in [2.05, 4.69) is 5.10 Å². The molecule has 1 amide bonds. The lowest BCUT2D eigenvalue weighted by Crippen LogP contribution is -2.24. The van der Waals surface area contributed by atoms with Crippen LogP contribution in [0.3, 0.4) is 0 Å². The fourth-order valence-electron chi connectivity index (χ4n) is 2.86. The van der Waals surface area contributed by atoms with Crippen LogP contribution in [0.1, 0.15) is 30.5 Å². The van der Waals surface area contributed by atoms with Crippen LogP contribution < -0.4 is 4.74 Å². The van der Waals surface area contributed by atoms with Gasteiger partial charge in [0.25, 0.3) is 5.69 Å². The van der Waals surface area contributed by atoms with Gasteiger partial charge in [-0.05, 0) is 17.7 Å². The zero-order valence-electron chi connectivity index (χ0n) is 13.9. The molecule has 0 aromatic heterocycles. The maximum absolute atomic E-state index is 12.0. The van der Waals surface area contributed by atoms with Crippen molar-refractivity contribution in [3.8, 4) is 5.75 Å². The molecule has 1 heterocycles. The second kappa shape index (κ2) is 6.72. The summed E-state index contributed by atoms with van der Waals surface area (Å²) in [6, 6.07) is 13.4. The number of carbonyl (C=O) groups is 1. The van der Waals surface area contributed by atoms with Crippen molar-refractivity contribution in [1.82, 2.24) is 5.01 Å². The Balaban J connectivity index is 1.91. The molecule has 2 aromatic rings. The van der Waals surface area contributed by atoms with E-state index in [1.165, 1.54) is 24.1 Å². The molecule has 0 N–H and O–H groups in total. The van der Waals surface area contributed by atoms with Gasteiger partial charge in [0.1, 0.15) is 5.75 Å². The van der Waals surface area contributed by atoms with Crippen molar-refractivity contribution in [2.45, 2.75) is 19.4 Å². The lowest BCUT2D eigenvalue weighted by Gasteiger charge is -2.20. The van der Waals surface area contributed by atoms with Gasteiger partial charge in [-0.1, -0.05) is 24.3 Å². The van der Waals surface area contributed by atoms with E-state index in [1.807, 2.05) is 24.3 Å². The summed E-state index contributed by atoms with van der Waals surface area (Å²) in [5, 5.41) is 16.7. The van der Waals surface area contributed by atoms with E-state index in [0.717, 1.165) is 16.8 Å². The van der Waals surface area contributed by atoms with Crippen LogP contribution >= 0.6 is 0 Å². The van der Waals surface area contributed by atoms with E-state index < -0.39 is 4.92 Å². The Labute approximate surface area is 144 Å². The Bertz CT molecular complexity index is 846. The van der Waals surface area contributed by atoms with Crippen LogP contribution in [-0.2, 0) is 4.79 Å². The maximum atomic E-state index is 12.0. The van der Waals surface area contributed by atoms with Gasteiger partial charge in [-0.15, -0.1) is 0 Å². The number of carbonyl (C=O) groups excluding carboxylic acids is 1. The average Bonchev–Trinajstić information content (AvgIpc) is 3.07. The second-order valence-corrected chi connectivity index (χ2v) is 5.71. The van der Waals surface area contributed by atoms with Crippen molar-refractivity contribution in [3.63, 3.8) is 0 Å². The van der Waals surface area contributed by atoms with Crippen LogP contribution in [0.4, 0.5) is 5.69 Å². The SMILES string of the molecule is COc1cccc(C2=NN(C(C)=O)C(c3ccc([N+](=O)[O-])cc3)C2)c1. The van der Waals surface area contributed by atoms with Crippen molar-refractivity contribution in [3.05, 3.63) is 69.8 Å². The number of hydrogen-bond donors (Lipinski definition) is 0. The first-order valence-electron chi connectivity index (χ1n) is 7.75. The summed E-state index contributed by atoms with van der Waals surface area (Å²) in [7, 11) is 1.59. The number of ether oxygens (including phenoxy) is 1. The average molecular weight is 339 g/mol. The predicted molar refractivity (Wildman–Crippen MR) is 92.5 cm³/mol. The number of hydrogen-bond acceptors (Lipinski definition) is 5. The van der Waals surface area contributed by atoms with Crippen molar-refractivity contribution < 1.29 is 14.5 Å². The molecule has 25 heavy (non-hydrogen) atoms. The highest BCUT2D eigenvalue weighted by Crippen LogP contribution is 2.34. The van der Waals surface area contributed by atoms with Crippen LogP contribution in [0.2, 0.25) is 0 Å². The highest BCUT2D eigenvalue weighted by molar-refractivity contribution is 6.03. The largest absolute Gasteiger partial charge is 0.497 e. The minimum absolute atomic E-state index is 0.0186. The molecule has 0 aliphatic carbocycles. The normalized spacial score (nSPS) is 16.5. The molecule has 1 aliphatic rings. The molecular weight excluding hydrogens is 322 g/mol. The standard InChI is InChI=1S/C18H17N3O4/c1-12(22)20-18(13-6-8-15(9-7-13)21(23)24)11-17(19-20)14-4-3-5-16(10-14)25-2/h3-10,18H,11H2,1-2H3. The van der Waals surface area contributed by atoms with Crippen molar-refractivity contribution in [2.24, 2.45) is 5.10 Å². The summed E-state index contributed by atoms with van der Waals surface area (Å²) in [6.45, 7) is 1.45. The third-order valence-corrected chi connectivity index (χ3v) is 4.12. The highest BCUT2D eigenvalue weighted by Gasteiger charge is 2.31. The zero-order chi connectivity index (χ0) is 18.0. The predicted octanol–water partition coefficient (Wildman–Crippen LogP) is 3.30. The summed E-state index contributed by atoms with van der Waals surface area (Å²) in [5.41, 5.74) is 2.49. The second-order valence-electron chi connectivity index (χ2n) is 5.71. The first kappa shape index (κ1) is 16.6. The quantitative estimate of drug-likeness (QED) is 0.632. The molecule has 7 nitrogen and oxygen atoms in total. The number of hydrazone groups is 1. The minimum atomic E-state index is -0.445. The molecule has 1 aliphatic heterocycles. The monoisotopic (exact) mass is 339 g/mol. The number of benzene rings is 2. The van der Waals surface area contributed by atoms with E-state index >= 15 is 0 Å². The summed E-state index contributed by atoms with van der Waals surface area (Å²) in [4.78, 5) is 22.4. The molecule has 0 spiro atoms. The van der Waals surface area contributed by atoms with Gasteiger partial charge in [0.15, 0.2) is 0 Å². The Morgan fingerprint density at radius 3 is 2.60 bits per heavy atom. The lowest BCUT2D eigenvalue weighted by molar-refractivity contribution is -0.384. The summed E-state index contributed by atoms with van der Waals surface area (Å²) >= 11 is 0. The molecular formula is C18H17N3O4. The zero-order valence-corrected chi connectivity index (χ0v) is 13.9. The molecule has 2 aromatic carbocycles. The van der Waals surface area contributed by atoms with Gasteiger partial charge in [-0.2, -0.15) is 5.10 Å². The summed E-state index contributed by atoms with van der Waals surface area (Å²) in [5.74, 6) is 0.537. The fourth-order valence-corrected chi connectivity index (χ4v) is 2.86. The number of nitrogens with zero attached hydrogens (tertiary/aromatic N) is 3. The molecule has 0 bridgehead atoms. The number of non-ortho nitro benzene ring substituents is 1. The van der Waals surface area contributed by atoms with Gasteiger partial charge in [0.05, 0.1) is 23.8 Å². The minimum Gasteiger partial charge on any atom is -0.497 e. The van der Waals surface area contributed by atoms with Crippen LogP contribution in [0.15, 0.2) is 53.6 Å². The van der Waals surface area contributed by atoms with Crippen molar-refractivity contribution in [2.75, 3.05) is 7.11 Å². The number of amides is 1.